The topological polar surface area (TPSA) is 35.6 Å². The lowest BCUT2D eigenvalue weighted by Gasteiger charge is -2.37. The second-order valence-corrected chi connectivity index (χ2v) is 3.93. The molecule has 82 valence electrons. The summed E-state index contributed by atoms with van der Waals surface area (Å²) in [5.74, 6) is 0. The lowest BCUT2D eigenvalue weighted by Crippen LogP contribution is -2.51. The van der Waals surface area contributed by atoms with Crippen LogP contribution in [0.5, 0.6) is 0 Å². The van der Waals surface area contributed by atoms with Crippen molar-refractivity contribution in [3.8, 4) is 0 Å². The van der Waals surface area contributed by atoms with E-state index >= 15 is 0 Å². The Kier molecular flexibility index (Phi) is 4.90. The smallest absolute Gasteiger partial charge is 0.207 e. The Morgan fingerprint density at radius 1 is 1.36 bits per heavy atom. The van der Waals surface area contributed by atoms with Crippen molar-refractivity contribution in [1.29, 1.82) is 0 Å². The molecule has 1 heterocycles. The molecule has 4 heteroatoms. The number of hydrogen-bond acceptors (Lipinski definition) is 3. The van der Waals surface area contributed by atoms with E-state index in [1.54, 1.807) is 0 Å². The maximum atomic E-state index is 10.2. The van der Waals surface area contributed by atoms with Crippen LogP contribution in [0.1, 0.15) is 13.3 Å². The first-order valence-electron chi connectivity index (χ1n) is 5.37. The van der Waals surface area contributed by atoms with Crippen molar-refractivity contribution < 1.29 is 4.79 Å². The molecule has 0 radical (unpaired) electrons. The normalized spacial score (nSPS) is 21.9. The van der Waals surface area contributed by atoms with Crippen LogP contribution in [0.3, 0.4) is 0 Å². The van der Waals surface area contributed by atoms with Gasteiger partial charge < -0.3 is 10.2 Å². The number of nitrogens with zero attached hydrogens (tertiary/aromatic N) is 2. The van der Waals surface area contributed by atoms with E-state index in [1.165, 1.54) is 0 Å². The molecular weight excluding hydrogens is 178 g/mol. The Morgan fingerprint density at radius 3 is 2.50 bits per heavy atom. The zero-order valence-corrected chi connectivity index (χ0v) is 9.20. The third-order valence-corrected chi connectivity index (χ3v) is 2.96. The summed E-state index contributed by atoms with van der Waals surface area (Å²) in [6, 6.07) is 0.508. The number of hydrogen-bond donors (Lipinski definition) is 1. The van der Waals surface area contributed by atoms with Crippen molar-refractivity contribution >= 4 is 6.41 Å². The number of likely N-dealkylation sites (N-methyl/N-ethyl adjacent to an activating group) is 1. The van der Waals surface area contributed by atoms with Gasteiger partial charge in [-0.3, -0.25) is 9.69 Å². The summed E-state index contributed by atoms with van der Waals surface area (Å²) in [7, 11) is 2.15. The van der Waals surface area contributed by atoms with E-state index in [0.29, 0.717) is 6.04 Å². The van der Waals surface area contributed by atoms with Crippen molar-refractivity contribution in [2.75, 3.05) is 39.8 Å². The molecule has 1 N–H and O–H groups in total. The molecule has 0 aliphatic carbocycles. The van der Waals surface area contributed by atoms with Gasteiger partial charge in [-0.05, 0) is 13.5 Å². The van der Waals surface area contributed by atoms with Crippen LogP contribution >= 0.6 is 0 Å². The van der Waals surface area contributed by atoms with Crippen LogP contribution in [-0.2, 0) is 4.79 Å². The first kappa shape index (κ1) is 11.5. The van der Waals surface area contributed by atoms with Gasteiger partial charge in [-0.15, -0.1) is 0 Å². The Hall–Kier alpha value is -0.610. The summed E-state index contributed by atoms with van der Waals surface area (Å²) in [5.41, 5.74) is 0. The third-order valence-electron chi connectivity index (χ3n) is 2.96. The van der Waals surface area contributed by atoms with Gasteiger partial charge in [0.05, 0.1) is 0 Å². The van der Waals surface area contributed by atoms with Gasteiger partial charge in [0, 0.05) is 38.8 Å². The van der Waals surface area contributed by atoms with Crippen molar-refractivity contribution in [3.05, 3.63) is 0 Å². The molecule has 14 heavy (non-hydrogen) atoms. The van der Waals surface area contributed by atoms with E-state index in [0.717, 1.165) is 45.6 Å². The highest BCUT2D eigenvalue weighted by molar-refractivity contribution is 5.45. The highest BCUT2D eigenvalue weighted by Gasteiger charge is 2.20. The van der Waals surface area contributed by atoms with Gasteiger partial charge in [0.15, 0.2) is 0 Å². The minimum atomic E-state index is 0.508. The summed E-state index contributed by atoms with van der Waals surface area (Å²) in [5, 5.41) is 2.77. The second-order valence-electron chi connectivity index (χ2n) is 3.93. The molecule has 0 bridgehead atoms. The fourth-order valence-corrected chi connectivity index (χ4v) is 1.90. The number of carbonyl (C=O) groups is 1. The quantitative estimate of drug-likeness (QED) is 0.621. The van der Waals surface area contributed by atoms with Crippen LogP contribution in [-0.4, -0.2) is 62.0 Å². The van der Waals surface area contributed by atoms with Crippen molar-refractivity contribution in [1.82, 2.24) is 15.1 Å². The molecule has 1 aliphatic rings. The molecule has 4 nitrogen and oxygen atoms in total. The summed E-state index contributed by atoms with van der Waals surface area (Å²) >= 11 is 0. The number of nitrogens with one attached hydrogen (secondary N) is 1. The van der Waals surface area contributed by atoms with Crippen LogP contribution in [0.2, 0.25) is 0 Å². The molecule has 1 rings (SSSR count). The molecule has 0 aromatic heterocycles. The molecule has 1 saturated heterocycles. The highest BCUT2D eigenvalue weighted by Crippen LogP contribution is 2.07. The van der Waals surface area contributed by atoms with Gasteiger partial charge in [-0.2, -0.15) is 0 Å². The predicted molar refractivity (Wildman–Crippen MR) is 57.2 cm³/mol. The average molecular weight is 199 g/mol. The van der Waals surface area contributed by atoms with Crippen molar-refractivity contribution in [3.63, 3.8) is 0 Å². The monoisotopic (exact) mass is 199 g/mol. The maximum Gasteiger partial charge on any atom is 0.207 e. The molecule has 1 amide bonds. The Balaban J connectivity index is 2.32. The minimum absolute atomic E-state index is 0.508. The standard InChI is InChI=1S/C10H21N3O/c1-3-10(8-11-9-14)13-6-4-12(2)5-7-13/h9-10H,3-8H2,1-2H3,(H,11,14). The molecule has 1 aliphatic heterocycles. The average Bonchev–Trinajstić information content (AvgIpc) is 2.21. The Bertz CT molecular complexity index is 167. The Morgan fingerprint density at radius 2 is 2.00 bits per heavy atom. The van der Waals surface area contributed by atoms with Gasteiger partial charge in [-0.25, -0.2) is 0 Å². The second kappa shape index (κ2) is 5.98. The minimum Gasteiger partial charge on any atom is -0.357 e. The van der Waals surface area contributed by atoms with E-state index < -0.39 is 0 Å². The lowest BCUT2D eigenvalue weighted by molar-refractivity contribution is -0.109. The number of rotatable bonds is 5. The predicted octanol–water partition coefficient (Wildman–Crippen LogP) is -0.242. The molecule has 0 aromatic rings. The fraction of sp³-hybridized carbons (Fsp3) is 0.900. The van der Waals surface area contributed by atoms with E-state index in [2.05, 4.69) is 29.1 Å². The van der Waals surface area contributed by atoms with Gasteiger partial charge in [0.1, 0.15) is 0 Å². The van der Waals surface area contributed by atoms with Crippen LogP contribution in [0, 0.1) is 0 Å². The first-order chi connectivity index (χ1) is 6.77. The maximum absolute atomic E-state index is 10.2. The van der Waals surface area contributed by atoms with Gasteiger partial charge in [-0.1, -0.05) is 6.92 Å². The fourth-order valence-electron chi connectivity index (χ4n) is 1.90. The largest absolute Gasteiger partial charge is 0.357 e. The molecular formula is C10H21N3O. The summed E-state index contributed by atoms with van der Waals surface area (Å²) in [4.78, 5) is 15.0. The van der Waals surface area contributed by atoms with E-state index in [9.17, 15) is 4.79 Å². The highest BCUT2D eigenvalue weighted by atomic mass is 16.1. The molecule has 0 saturated carbocycles. The summed E-state index contributed by atoms with van der Waals surface area (Å²) in [6.45, 7) is 7.47. The van der Waals surface area contributed by atoms with E-state index in [1.807, 2.05) is 0 Å². The van der Waals surface area contributed by atoms with Crippen LogP contribution in [0.4, 0.5) is 0 Å². The van der Waals surface area contributed by atoms with E-state index in [4.69, 9.17) is 0 Å². The van der Waals surface area contributed by atoms with Gasteiger partial charge in [0.25, 0.3) is 0 Å². The zero-order valence-electron chi connectivity index (χ0n) is 9.20. The van der Waals surface area contributed by atoms with Crippen LogP contribution < -0.4 is 5.32 Å². The molecule has 1 atom stereocenters. The Labute approximate surface area is 86.2 Å². The molecule has 1 fully saturated rings. The number of carbonyl (C=O) groups excluding carboxylic acids is 1. The lowest BCUT2D eigenvalue weighted by atomic mass is 10.1. The molecule has 0 aromatic carbocycles. The van der Waals surface area contributed by atoms with Gasteiger partial charge in [0.2, 0.25) is 6.41 Å². The SMILES string of the molecule is CCC(CNC=O)N1CCN(C)CC1. The third kappa shape index (κ3) is 3.27. The van der Waals surface area contributed by atoms with Crippen LogP contribution in [0.15, 0.2) is 0 Å². The van der Waals surface area contributed by atoms with Gasteiger partial charge >= 0.3 is 0 Å². The summed E-state index contributed by atoms with van der Waals surface area (Å²) < 4.78 is 0. The van der Waals surface area contributed by atoms with Crippen LogP contribution in [0.25, 0.3) is 0 Å². The number of piperazine rings is 1. The van der Waals surface area contributed by atoms with Crippen molar-refractivity contribution in [2.24, 2.45) is 0 Å². The number of amides is 1. The summed E-state index contributed by atoms with van der Waals surface area (Å²) in [6.07, 6.45) is 1.89. The molecule has 1 unspecified atom stereocenters. The molecule has 0 spiro atoms. The zero-order chi connectivity index (χ0) is 10.4. The van der Waals surface area contributed by atoms with Crippen molar-refractivity contribution in [2.45, 2.75) is 19.4 Å². The van der Waals surface area contributed by atoms with E-state index in [-0.39, 0.29) is 0 Å². The first-order valence-corrected chi connectivity index (χ1v) is 5.37.